The zero-order valence-electron chi connectivity index (χ0n) is 11.7. The van der Waals surface area contributed by atoms with Crippen LogP contribution in [0, 0.1) is 22.6 Å². The molecular weight excluding hydrogens is 243 g/mol. The Kier molecular flexibility index (Phi) is 5.31. The fourth-order valence-corrected chi connectivity index (χ4v) is 1.76. The lowest BCUT2D eigenvalue weighted by Crippen LogP contribution is -2.12. The third-order valence-electron chi connectivity index (χ3n) is 2.97. The van der Waals surface area contributed by atoms with Gasteiger partial charge in [-0.3, -0.25) is 0 Å². The minimum absolute atomic E-state index is 0.277. The number of rotatable bonds is 6. The summed E-state index contributed by atoms with van der Waals surface area (Å²) in [4.78, 5) is 0. The van der Waals surface area contributed by atoms with Gasteiger partial charge in [0.2, 0.25) is 0 Å². The third-order valence-corrected chi connectivity index (χ3v) is 2.97. The first-order valence-electron chi connectivity index (χ1n) is 6.45. The van der Waals surface area contributed by atoms with Crippen molar-refractivity contribution in [1.29, 1.82) is 5.26 Å². The van der Waals surface area contributed by atoms with Crippen molar-refractivity contribution in [3.05, 3.63) is 29.6 Å². The molecule has 19 heavy (non-hydrogen) atoms. The van der Waals surface area contributed by atoms with Crippen molar-refractivity contribution in [2.45, 2.75) is 39.7 Å². The van der Waals surface area contributed by atoms with Crippen LogP contribution in [0.5, 0.6) is 5.75 Å². The van der Waals surface area contributed by atoms with Gasteiger partial charge in [0.25, 0.3) is 0 Å². The Morgan fingerprint density at radius 2 is 2.16 bits per heavy atom. The van der Waals surface area contributed by atoms with Gasteiger partial charge in [-0.15, -0.1) is 0 Å². The third kappa shape index (κ3) is 4.88. The van der Waals surface area contributed by atoms with Gasteiger partial charge in [-0.1, -0.05) is 0 Å². The van der Waals surface area contributed by atoms with E-state index in [-0.39, 0.29) is 17.3 Å². The molecule has 0 saturated heterocycles. The lowest BCUT2D eigenvalue weighted by atomic mass is 9.90. The Balaban J connectivity index is 2.57. The minimum Gasteiger partial charge on any atom is -0.493 e. The van der Waals surface area contributed by atoms with E-state index < -0.39 is 0 Å². The fraction of sp³-hybridized carbons (Fsp3) is 0.533. The maximum Gasteiger partial charge on any atom is 0.124 e. The summed E-state index contributed by atoms with van der Waals surface area (Å²) in [6.45, 7) is 6.09. The topological polar surface area (TPSA) is 59.0 Å². The van der Waals surface area contributed by atoms with Crippen molar-refractivity contribution in [3.8, 4) is 11.8 Å². The Morgan fingerprint density at radius 1 is 1.47 bits per heavy atom. The highest BCUT2D eigenvalue weighted by Gasteiger charge is 2.16. The molecule has 0 aromatic heterocycles. The van der Waals surface area contributed by atoms with Crippen molar-refractivity contribution >= 4 is 0 Å². The van der Waals surface area contributed by atoms with Crippen LogP contribution < -0.4 is 10.5 Å². The maximum absolute atomic E-state index is 13.2. The molecule has 1 aromatic carbocycles. The summed E-state index contributed by atoms with van der Waals surface area (Å²) in [7, 11) is 0. The Hall–Kier alpha value is -1.60. The van der Waals surface area contributed by atoms with E-state index in [1.165, 1.54) is 12.1 Å². The van der Waals surface area contributed by atoms with E-state index in [0.717, 1.165) is 12.8 Å². The van der Waals surface area contributed by atoms with Crippen LogP contribution in [0.1, 0.15) is 45.2 Å². The number of halogens is 1. The highest BCUT2D eigenvalue weighted by atomic mass is 19.1. The molecule has 0 aliphatic heterocycles. The molecular formula is C15H21FN2O. The van der Waals surface area contributed by atoms with E-state index in [1.54, 1.807) is 13.0 Å². The highest BCUT2D eigenvalue weighted by molar-refractivity contribution is 5.36. The van der Waals surface area contributed by atoms with E-state index in [2.05, 4.69) is 6.07 Å². The second kappa shape index (κ2) is 6.53. The SMILES string of the molecule is CC(N)c1cc(F)ccc1OCCCC(C)(C)C#N. The van der Waals surface area contributed by atoms with Crippen LogP contribution in [0.2, 0.25) is 0 Å². The van der Waals surface area contributed by atoms with Gasteiger partial charge in [0.1, 0.15) is 11.6 Å². The standard InChI is InChI=1S/C15H21FN2O/c1-11(18)13-9-12(16)5-6-14(13)19-8-4-7-15(2,3)10-17/h5-6,9,11H,4,7-8,18H2,1-3H3. The maximum atomic E-state index is 13.2. The largest absolute Gasteiger partial charge is 0.493 e. The predicted octanol–water partition coefficient (Wildman–Crippen LogP) is 3.55. The van der Waals surface area contributed by atoms with Crippen LogP contribution in [0.25, 0.3) is 0 Å². The molecule has 104 valence electrons. The Labute approximate surface area is 114 Å². The molecule has 0 spiro atoms. The van der Waals surface area contributed by atoms with E-state index in [9.17, 15) is 4.39 Å². The van der Waals surface area contributed by atoms with Gasteiger partial charge in [-0.05, 0) is 51.8 Å². The van der Waals surface area contributed by atoms with E-state index >= 15 is 0 Å². The zero-order chi connectivity index (χ0) is 14.5. The van der Waals surface area contributed by atoms with Crippen molar-refractivity contribution in [2.24, 2.45) is 11.1 Å². The molecule has 1 unspecified atom stereocenters. The molecule has 4 heteroatoms. The highest BCUT2D eigenvalue weighted by Crippen LogP contribution is 2.26. The molecule has 0 aliphatic rings. The number of hydrogen-bond donors (Lipinski definition) is 1. The van der Waals surface area contributed by atoms with Crippen molar-refractivity contribution in [1.82, 2.24) is 0 Å². The van der Waals surface area contributed by atoms with Gasteiger partial charge in [0.15, 0.2) is 0 Å². The summed E-state index contributed by atoms with van der Waals surface area (Å²) >= 11 is 0. The number of nitriles is 1. The van der Waals surface area contributed by atoms with E-state index in [4.69, 9.17) is 15.7 Å². The van der Waals surface area contributed by atoms with E-state index in [0.29, 0.717) is 17.9 Å². The molecule has 0 fully saturated rings. The van der Waals surface area contributed by atoms with Gasteiger partial charge < -0.3 is 10.5 Å². The van der Waals surface area contributed by atoms with Gasteiger partial charge in [-0.2, -0.15) is 5.26 Å². The summed E-state index contributed by atoms with van der Waals surface area (Å²) in [6.07, 6.45) is 1.54. The molecule has 3 nitrogen and oxygen atoms in total. The first-order valence-corrected chi connectivity index (χ1v) is 6.45. The van der Waals surface area contributed by atoms with Crippen LogP contribution in [0.4, 0.5) is 4.39 Å². The second-order valence-corrected chi connectivity index (χ2v) is 5.42. The summed E-state index contributed by atoms with van der Waals surface area (Å²) in [5.74, 6) is 0.302. The van der Waals surface area contributed by atoms with Gasteiger partial charge >= 0.3 is 0 Å². The second-order valence-electron chi connectivity index (χ2n) is 5.42. The molecule has 1 rings (SSSR count). The fourth-order valence-electron chi connectivity index (χ4n) is 1.76. The summed E-state index contributed by atoms with van der Waals surface area (Å²) in [5, 5.41) is 8.91. The Morgan fingerprint density at radius 3 is 2.74 bits per heavy atom. The molecule has 2 N–H and O–H groups in total. The normalized spacial score (nSPS) is 12.8. The zero-order valence-corrected chi connectivity index (χ0v) is 11.7. The van der Waals surface area contributed by atoms with Crippen molar-refractivity contribution in [2.75, 3.05) is 6.61 Å². The summed E-state index contributed by atoms with van der Waals surface area (Å²) in [5.41, 5.74) is 6.12. The molecule has 0 radical (unpaired) electrons. The summed E-state index contributed by atoms with van der Waals surface area (Å²) < 4.78 is 18.8. The van der Waals surface area contributed by atoms with Crippen molar-refractivity contribution < 1.29 is 9.13 Å². The number of nitrogens with zero attached hydrogens (tertiary/aromatic N) is 1. The first kappa shape index (κ1) is 15.5. The molecule has 0 aliphatic carbocycles. The first-order chi connectivity index (χ1) is 8.85. The average Bonchev–Trinajstić information content (AvgIpc) is 2.36. The lowest BCUT2D eigenvalue weighted by Gasteiger charge is -2.17. The van der Waals surface area contributed by atoms with Gasteiger partial charge in [0.05, 0.1) is 18.1 Å². The lowest BCUT2D eigenvalue weighted by molar-refractivity contribution is 0.280. The smallest absolute Gasteiger partial charge is 0.124 e. The molecule has 0 heterocycles. The monoisotopic (exact) mass is 264 g/mol. The molecule has 1 atom stereocenters. The van der Waals surface area contributed by atoms with Crippen LogP contribution in [0.3, 0.4) is 0 Å². The number of hydrogen-bond acceptors (Lipinski definition) is 3. The summed E-state index contributed by atoms with van der Waals surface area (Å²) in [6, 6.07) is 6.34. The average molecular weight is 264 g/mol. The molecule has 1 aromatic rings. The number of benzene rings is 1. The number of ether oxygens (including phenoxy) is 1. The predicted molar refractivity (Wildman–Crippen MR) is 73.1 cm³/mol. The van der Waals surface area contributed by atoms with Crippen molar-refractivity contribution in [3.63, 3.8) is 0 Å². The van der Waals surface area contributed by atoms with Crippen LogP contribution in [0.15, 0.2) is 18.2 Å². The minimum atomic E-state index is -0.337. The van der Waals surface area contributed by atoms with E-state index in [1.807, 2.05) is 13.8 Å². The molecule has 0 saturated carbocycles. The van der Waals surface area contributed by atoms with Crippen LogP contribution in [-0.4, -0.2) is 6.61 Å². The van der Waals surface area contributed by atoms with Crippen LogP contribution >= 0.6 is 0 Å². The number of nitrogens with two attached hydrogens (primary N) is 1. The quantitative estimate of drug-likeness (QED) is 0.799. The van der Waals surface area contributed by atoms with Crippen LogP contribution in [-0.2, 0) is 0 Å². The Bertz CT molecular complexity index is 464. The molecule has 0 bridgehead atoms. The van der Waals surface area contributed by atoms with Gasteiger partial charge in [0, 0.05) is 11.6 Å². The van der Waals surface area contributed by atoms with Gasteiger partial charge in [-0.25, -0.2) is 4.39 Å². The molecule has 0 amide bonds.